The molecule has 0 saturated heterocycles. The molecule has 0 saturated carbocycles. The van der Waals surface area contributed by atoms with Gasteiger partial charge >= 0.3 is 0 Å². The number of fused-ring (bicyclic) bond motifs is 3. The molecule has 0 atom stereocenters. The zero-order chi connectivity index (χ0) is 39.3. The maximum Gasteiger partial charge on any atom is 0.168 e. The third-order valence-corrected chi connectivity index (χ3v) is 10.9. The van der Waals surface area contributed by atoms with Crippen LogP contribution in [0.3, 0.4) is 0 Å². The van der Waals surface area contributed by atoms with Crippen LogP contribution in [0.1, 0.15) is 22.3 Å². The molecule has 0 unspecified atom stereocenters. The Morgan fingerprint density at radius 3 is 0.879 bits per heavy atom. The minimum Gasteiger partial charge on any atom is -0.311 e. The van der Waals surface area contributed by atoms with Gasteiger partial charge in [-0.3, -0.25) is 0 Å². The summed E-state index contributed by atoms with van der Waals surface area (Å²) in [7, 11) is 0. The van der Waals surface area contributed by atoms with Crippen LogP contribution in [0.15, 0.2) is 170 Å². The molecule has 1 aliphatic rings. The molecule has 0 N–H and O–H groups in total. The van der Waals surface area contributed by atoms with Gasteiger partial charge in [-0.05, 0) is 125 Å². The molecule has 2 aromatic heterocycles. The molecule has 7 aromatic carbocycles. The largest absolute Gasteiger partial charge is 0.311 e. The highest BCUT2D eigenvalue weighted by atomic mass is 15.1. The molecule has 9 aromatic rings. The van der Waals surface area contributed by atoms with Crippen LogP contribution in [-0.2, 0) is 0 Å². The fraction of sp³-hybridized carbons (Fsp3) is 0.0769. The van der Waals surface area contributed by atoms with E-state index < -0.39 is 0 Å². The summed E-state index contributed by atoms with van der Waals surface area (Å²) in [6.45, 7) is 8.45. The van der Waals surface area contributed by atoms with Crippen LogP contribution >= 0.6 is 0 Å². The van der Waals surface area contributed by atoms with Crippen LogP contribution in [0.5, 0.6) is 0 Å². The van der Waals surface area contributed by atoms with E-state index in [0.29, 0.717) is 17.3 Å². The molecular formula is C52H40N6. The first kappa shape index (κ1) is 35.0. The van der Waals surface area contributed by atoms with E-state index in [9.17, 15) is 0 Å². The number of hydrogen-bond donors (Lipinski definition) is 0. The number of hydrogen-bond acceptors (Lipinski definition) is 6. The topological polar surface area (TPSA) is 58.0 Å². The van der Waals surface area contributed by atoms with Crippen molar-refractivity contribution in [3.05, 3.63) is 192 Å². The van der Waals surface area contributed by atoms with Gasteiger partial charge in [0.15, 0.2) is 17.3 Å². The van der Waals surface area contributed by atoms with E-state index in [1.165, 1.54) is 22.3 Å². The van der Waals surface area contributed by atoms with Gasteiger partial charge in [0, 0.05) is 56.4 Å². The quantitative estimate of drug-likeness (QED) is 0.154. The highest BCUT2D eigenvalue weighted by Gasteiger charge is 2.28. The summed E-state index contributed by atoms with van der Waals surface area (Å²) in [5.41, 5.74) is 17.6. The lowest BCUT2D eigenvalue weighted by molar-refractivity contribution is 1.16. The maximum absolute atomic E-state index is 5.18. The molecule has 0 radical (unpaired) electrons. The van der Waals surface area contributed by atoms with Crippen LogP contribution in [-0.4, -0.2) is 19.9 Å². The van der Waals surface area contributed by atoms with Crippen molar-refractivity contribution in [2.75, 3.05) is 9.80 Å². The van der Waals surface area contributed by atoms with Crippen LogP contribution in [0.4, 0.5) is 34.1 Å². The summed E-state index contributed by atoms with van der Waals surface area (Å²) in [6, 6.07) is 59.9. The van der Waals surface area contributed by atoms with Gasteiger partial charge < -0.3 is 9.80 Å². The smallest absolute Gasteiger partial charge is 0.168 e. The van der Waals surface area contributed by atoms with E-state index in [0.717, 1.165) is 73.2 Å². The normalized spacial score (nSPS) is 11.4. The molecule has 10 rings (SSSR count). The van der Waals surface area contributed by atoms with Crippen molar-refractivity contribution in [1.29, 1.82) is 0 Å². The van der Waals surface area contributed by atoms with Gasteiger partial charge in [0.05, 0.1) is 16.8 Å². The fourth-order valence-corrected chi connectivity index (χ4v) is 7.77. The maximum atomic E-state index is 5.18. The van der Waals surface area contributed by atoms with Crippen LogP contribution < -0.4 is 9.80 Å². The zero-order valence-electron chi connectivity index (χ0n) is 32.8. The summed E-state index contributed by atoms with van der Waals surface area (Å²) >= 11 is 0. The Bertz CT molecular complexity index is 2650. The minimum atomic E-state index is 0.626. The Labute approximate surface area is 338 Å². The minimum absolute atomic E-state index is 0.626. The summed E-state index contributed by atoms with van der Waals surface area (Å²) in [5, 5.41) is 0.886. The summed E-state index contributed by atoms with van der Waals surface area (Å²) < 4.78 is 0. The average Bonchev–Trinajstić information content (AvgIpc) is 3.58. The number of rotatable bonds is 8. The lowest BCUT2D eigenvalue weighted by atomic mass is 10.1. The molecule has 6 nitrogen and oxygen atoms in total. The Kier molecular flexibility index (Phi) is 8.60. The van der Waals surface area contributed by atoms with Gasteiger partial charge in [0.25, 0.3) is 0 Å². The first-order chi connectivity index (χ1) is 28.4. The number of nitrogens with zero attached hydrogens (tertiary/aromatic N) is 6. The number of benzene rings is 7. The second-order valence-electron chi connectivity index (χ2n) is 15.1. The van der Waals surface area contributed by atoms with Crippen molar-refractivity contribution in [3.63, 3.8) is 0 Å². The second-order valence-corrected chi connectivity index (χ2v) is 15.1. The zero-order valence-corrected chi connectivity index (χ0v) is 32.8. The number of aryl methyl sites for hydroxylation is 4. The van der Waals surface area contributed by atoms with Crippen molar-refractivity contribution in [2.24, 2.45) is 0 Å². The summed E-state index contributed by atoms with van der Waals surface area (Å²) in [4.78, 5) is 25.2. The molecule has 1 aliphatic carbocycles. The lowest BCUT2D eigenvalue weighted by Crippen LogP contribution is -2.10. The Hall–Kier alpha value is -7.44. The first-order valence-corrected chi connectivity index (χ1v) is 19.6. The van der Waals surface area contributed by atoms with E-state index in [4.69, 9.17) is 19.9 Å². The first-order valence-electron chi connectivity index (χ1n) is 19.6. The molecule has 0 amide bonds. The third kappa shape index (κ3) is 6.35. The summed E-state index contributed by atoms with van der Waals surface area (Å²) in [5.74, 6) is 1.25. The van der Waals surface area contributed by atoms with E-state index in [2.05, 4.69) is 207 Å². The highest BCUT2D eigenvalue weighted by Crippen LogP contribution is 2.46. The number of aromatic nitrogens is 4. The SMILES string of the molecule is Cc1ccc(N(c2ccc(C)cc2)c2ccc(-c3nc4c5c(nc(-c6ccc(N(c7ccc(C)cc7)c7ccc(C)cc7)cc6)nc5n3)-c3ccccc3-4)cc2)cc1. The third-order valence-electron chi connectivity index (χ3n) is 10.9. The molecule has 2 heterocycles. The predicted molar refractivity (Wildman–Crippen MR) is 239 cm³/mol. The molecule has 58 heavy (non-hydrogen) atoms. The highest BCUT2D eigenvalue weighted by molar-refractivity contribution is 6.11. The predicted octanol–water partition coefficient (Wildman–Crippen LogP) is 13.6. The molecule has 0 bridgehead atoms. The van der Waals surface area contributed by atoms with Crippen LogP contribution in [0.25, 0.3) is 56.3 Å². The van der Waals surface area contributed by atoms with Crippen molar-refractivity contribution < 1.29 is 0 Å². The van der Waals surface area contributed by atoms with Crippen molar-refractivity contribution in [1.82, 2.24) is 19.9 Å². The standard InChI is InChI=1S/C52H40N6/c1-33-9-21-39(22-10-33)57(40-23-11-34(2)12-24-40)43-29-17-37(18-30-43)50-53-48-45-7-5-6-8-46(45)49-47(48)52(55-50)56-51(54-49)38-19-31-44(32-20-38)58(41-25-13-35(3)14-26-41)42-27-15-36(4)16-28-42/h5-32H,1-4H3. The monoisotopic (exact) mass is 748 g/mol. The van der Waals surface area contributed by atoms with Crippen molar-refractivity contribution >= 4 is 45.2 Å². The Morgan fingerprint density at radius 2 is 0.586 bits per heavy atom. The van der Waals surface area contributed by atoms with E-state index >= 15 is 0 Å². The molecular weight excluding hydrogens is 709 g/mol. The van der Waals surface area contributed by atoms with Crippen molar-refractivity contribution in [2.45, 2.75) is 27.7 Å². The van der Waals surface area contributed by atoms with Crippen LogP contribution in [0, 0.1) is 27.7 Å². The van der Waals surface area contributed by atoms with Gasteiger partial charge in [0.2, 0.25) is 0 Å². The van der Waals surface area contributed by atoms with Crippen LogP contribution in [0.2, 0.25) is 0 Å². The van der Waals surface area contributed by atoms with Gasteiger partial charge in [-0.1, -0.05) is 95.1 Å². The number of anilines is 6. The summed E-state index contributed by atoms with van der Waals surface area (Å²) in [6.07, 6.45) is 0. The van der Waals surface area contributed by atoms with Gasteiger partial charge in [-0.25, -0.2) is 19.9 Å². The van der Waals surface area contributed by atoms with E-state index in [1.807, 2.05) is 0 Å². The van der Waals surface area contributed by atoms with Gasteiger partial charge in [-0.15, -0.1) is 0 Å². The lowest BCUT2D eigenvalue weighted by Gasteiger charge is -2.26. The van der Waals surface area contributed by atoms with E-state index in [1.54, 1.807) is 0 Å². The Morgan fingerprint density at radius 1 is 0.310 bits per heavy atom. The van der Waals surface area contributed by atoms with Gasteiger partial charge in [-0.2, -0.15) is 0 Å². The van der Waals surface area contributed by atoms with Crippen molar-refractivity contribution in [3.8, 4) is 45.3 Å². The second kappa shape index (κ2) is 14.3. The fourth-order valence-electron chi connectivity index (χ4n) is 7.77. The van der Waals surface area contributed by atoms with Gasteiger partial charge in [0.1, 0.15) is 0 Å². The average molecular weight is 749 g/mol. The molecule has 0 fully saturated rings. The molecule has 278 valence electrons. The van der Waals surface area contributed by atoms with E-state index in [-0.39, 0.29) is 0 Å². The Balaban J connectivity index is 1.04. The molecule has 6 heteroatoms. The molecule has 0 spiro atoms. The molecule has 0 aliphatic heterocycles.